The van der Waals surface area contributed by atoms with E-state index in [4.69, 9.17) is 16.7 Å². The maximum absolute atomic E-state index is 12.2. The van der Waals surface area contributed by atoms with E-state index < -0.39 is 12.0 Å². The predicted molar refractivity (Wildman–Crippen MR) is 65.6 cm³/mol. The first-order valence-corrected chi connectivity index (χ1v) is 6.12. The third kappa shape index (κ3) is 2.61. The molecule has 5 nitrogen and oxygen atoms in total. The van der Waals surface area contributed by atoms with E-state index in [1.54, 1.807) is 6.07 Å². The predicted octanol–water partition coefficient (Wildman–Crippen LogP) is 1.81. The summed E-state index contributed by atoms with van der Waals surface area (Å²) >= 11 is 5.65. The maximum Gasteiger partial charge on any atom is 0.326 e. The van der Waals surface area contributed by atoms with Gasteiger partial charge < -0.3 is 10.0 Å². The lowest BCUT2D eigenvalue weighted by molar-refractivity contribution is -0.143. The van der Waals surface area contributed by atoms with Gasteiger partial charge in [0.15, 0.2) is 0 Å². The van der Waals surface area contributed by atoms with Crippen LogP contribution in [0.3, 0.4) is 0 Å². The molecule has 0 aromatic carbocycles. The quantitative estimate of drug-likeness (QED) is 0.831. The number of halogens is 1. The molecule has 2 heterocycles. The number of rotatable bonds is 2. The van der Waals surface area contributed by atoms with E-state index in [0.717, 1.165) is 12.8 Å². The lowest BCUT2D eigenvalue weighted by Gasteiger charge is -2.32. The number of likely N-dealkylation sites (tertiary alicyclic amines) is 1. The highest BCUT2D eigenvalue weighted by atomic mass is 35.5. The fourth-order valence-electron chi connectivity index (χ4n) is 2.10. The Balaban J connectivity index is 2.20. The van der Waals surface area contributed by atoms with Crippen molar-refractivity contribution in [3.05, 3.63) is 29.0 Å². The van der Waals surface area contributed by atoms with Crippen molar-refractivity contribution in [3.8, 4) is 0 Å². The Morgan fingerprint density at radius 2 is 2.17 bits per heavy atom. The monoisotopic (exact) mass is 268 g/mol. The van der Waals surface area contributed by atoms with Gasteiger partial charge in [-0.2, -0.15) is 0 Å². The number of amides is 1. The first kappa shape index (κ1) is 12.8. The van der Waals surface area contributed by atoms with Crippen LogP contribution >= 0.6 is 11.6 Å². The summed E-state index contributed by atoms with van der Waals surface area (Å²) in [6, 6.07) is 2.35. The molecule has 96 valence electrons. The Bertz CT molecular complexity index is 461. The largest absolute Gasteiger partial charge is 0.480 e. The first-order chi connectivity index (χ1) is 8.59. The van der Waals surface area contributed by atoms with Gasteiger partial charge in [-0.3, -0.25) is 4.79 Å². The van der Waals surface area contributed by atoms with Crippen molar-refractivity contribution < 1.29 is 14.7 Å². The topological polar surface area (TPSA) is 70.5 Å². The van der Waals surface area contributed by atoms with Crippen LogP contribution in [0, 0.1) is 0 Å². The molecule has 1 aliphatic rings. The molecular formula is C12H13ClN2O3. The number of carboxylic acid groups (broad SMARTS) is 1. The third-order valence-corrected chi connectivity index (χ3v) is 3.25. The molecule has 1 aromatic rings. The van der Waals surface area contributed by atoms with Crippen LogP contribution in [0.25, 0.3) is 0 Å². The zero-order chi connectivity index (χ0) is 13.1. The number of hydrogen-bond donors (Lipinski definition) is 1. The first-order valence-electron chi connectivity index (χ1n) is 5.75. The molecule has 0 aliphatic carbocycles. The molecule has 0 radical (unpaired) electrons. The second-order valence-electron chi connectivity index (χ2n) is 4.22. The highest BCUT2D eigenvalue weighted by Gasteiger charge is 2.32. The zero-order valence-corrected chi connectivity index (χ0v) is 10.4. The molecule has 0 saturated carbocycles. The number of pyridine rings is 1. The molecule has 0 spiro atoms. The Hall–Kier alpha value is -1.62. The molecule has 1 N–H and O–H groups in total. The van der Waals surface area contributed by atoms with Gasteiger partial charge in [-0.15, -0.1) is 0 Å². The van der Waals surface area contributed by atoms with Crippen molar-refractivity contribution in [2.45, 2.75) is 25.3 Å². The Morgan fingerprint density at radius 1 is 1.39 bits per heavy atom. The minimum Gasteiger partial charge on any atom is -0.480 e. The van der Waals surface area contributed by atoms with E-state index in [9.17, 15) is 9.59 Å². The third-order valence-electron chi connectivity index (χ3n) is 3.02. The fourth-order valence-corrected chi connectivity index (χ4v) is 2.21. The summed E-state index contributed by atoms with van der Waals surface area (Å²) < 4.78 is 0. The summed E-state index contributed by atoms with van der Waals surface area (Å²) in [4.78, 5) is 28.6. The number of piperidine rings is 1. The molecule has 0 unspecified atom stereocenters. The Labute approximate surface area is 109 Å². The average molecular weight is 269 g/mol. The zero-order valence-electron chi connectivity index (χ0n) is 9.67. The van der Waals surface area contributed by atoms with Crippen molar-refractivity contribution in [2.24, 2.45) is 0 Å². The van der Waals surface area contributed by atoms with Gasteiger partial charge in [-0.25, -0.2) is 9.78 Å². The van der Waals surface area contributed by atoms with E-state index in [1.165, 1.54) is 17.2 Å². The lowest BCUT2D eigenvalue weighted by Crippen LogP contribution is -2.48. The van der Waals surface area contributed by atoms with Crippen LogP contribution in [0.5, 0.6) is 0 Å². The smallest absolute Gasteiger partial charge is 0.326 e. The van der Waals surface area contributed by atoms with E-state index in [1.807, 2.05) is 0 Å². The van der Waals surface area contributed by atoms with Gasteiger partial charge in [0.1, 0.15) is 11.2 Å². The van der Waals surface area contributed by atoms with Gasteiger partial charge in [0.2, 0.25) is 0 Å². The highest BCUT2D eigenvalue weighted by molar-refractivity contribution is 6.29. The molecule has 1 saturated heterocycles. The van der Waals surface area contributed by atoms with Gasteiger partial charge in [0.25, 0.3) is 5.91 Å². The Morgan fingerprint density at radius 3 is 2.78 bits per heavy atom. The number of carboxylic acids is 1. The number of aromatic nitrogens is 1. The fraction of sp³-hybridized carbons (Fsp3) is 0.417. The summed E-state index contributed by atoms with van der Waals surface area (Å²) in [5.74, 6) is -1.25. The maximum atomic E-state index is 12.2. The van der Waals surface area contributed by atoms with Gasteiger partial charge in [0, 0.05) is 12.7 Å². The molecule has 18 heavy (non-hydrogen) atoms. The standard InChI is InChI=1S/C12H13ClN2O3/c13-10-5-4-8(7-14-10)11(16)15-6-2-1-3-9(15)12(17)18/h4-5,7,9H,1-3,6H2,(H,17,18)/t9-/m1/s1. The molecule has 1 aromatic heterocycles. The normalized spacial score (nSPS) is 19.6. The minimum atomic E-state index is -0.954. The molecule has 1 fully saturated rings. The Kier molecular flexibility index (Phi) is 3.81. The SMILES string of the molecule is O=C(O)[C@H]1CCCCN1C(=O)c1ccc(Cl)nc1. The molecule has 1 amide bonds. The van der Waals surface area contributed by atoms with Crippen LogP contribution in [0.4, 0.5) is 0 Å². The number of carbonyl (C=O) groups is 2. The summed E-state index contributed by atoms with van der Waals surface area (Å²) in [6.45, 7) is 0.471. The van der Waals surface area contributed by atoms with Crippen LogP contribution in [-0.4, -0.2) is 39.5 Å². The average Bonchev–Trinajstić information content (AvgIpc) is 2.39. The van der Waals surface area contributed by atoms with Crippen molar-refractivity contribution >= 4 is 23.5 Å². The minimum absolute atomic E-state index is 0.300. The van der Waals surface area contributed by atoms with Gasteiger partial charge >= 0.3 is 5.97 Å². The molecule has 1 atom stereocenters. The second-order valence-corrected chi connectivity index (χ2v) is 4.61. The van der Waals surface area contributed by atoms with Crippen LogP contribution in [0.15, 0.2) is 18.3 Å². The van der Waals surface area contributed by atoms with Crippen LogP contribution in [-0.2, 0) is 4.79 Å². The van der Waals surface area contributed by atoms with E-state index in [0.29, 0.717) is 23.7 Å². The summed E-state index contributed by atoms with van der Waals surface area (Å²) in [5, 5.41) is 9.42. The van der Waals surface area contributed by atoms with E-state index in [-0.39, 0.29) is 5.91 Å². The van der Waals surface area contributed by atoms with E-state index in [2.05, 4.69) is 4.98 Å². The van der Waals surface area contributed by atoms with E-state index >= 15 is 0 Å². The van der Waals surface area contributed by atoms with Crippen molar-refractivity contribution in [3.63, 3.8) is 0 Å². The lowest BCUT2D eigenvalue weighted by atomic mass is 10.0. The summed E-state index contributed by atoms with van der Waals surface area (Å²) in [7, 11) is 0. The molecule has 0 bridgehead atoms. The van der Waals surface area contributed by atoms with Crippen LogP contribution < -0.4 is 0 Å². The number of nitrogens with zero attached hydrogens (tertiary/aromatic N) is 2. The highest BCUT2D eigenvalue weighted by Crippen LogP contribution is 2.20. The van der Waals surface area contributed by atoms with Crippen molar-refractivity contribution in [2.75, 3.05) is 6.54 Å². The van der Waals surface area contributed by atoms with Gasteiger partial charge in [-0.05, 0) is 31.4 Å². The number of carbonyl (C=O) groups excluding carboxylic acids is 1. The number of hydrogen-bond acceptors (Lipinski definition) is 3. The molecule has 6 heteroatoms. The van der Waals surface area contributed by atoms with Crippen LogP contribution in [0.1, 0.15) is 29.6 Å². The molecular weight excluding hydrogens is 256 g/mol. The second kappa shape index (κ2) is 5.35. The van der Waals surface area contributed by atoms with Crippen LogP contribution in [0.2, 0.25) is 5.15 Å². The van der Waals surface area contributed by atoms with Gasteiger partial charge in [-0.1, -0.05) is 11.6 Å². The van der Waals surface area contributed by atoms with Crippen molar-refractivity contribution in [1.82, 2.24) is 9.88 Å². The summed E-state index contributed by atoms with van der Waals surface area (Å²) in [6.07, 6.45) is 3.54. The molecule has 2 rings (SSSR count). The van der Waals surface area contributed by atoms with Gasteiger partial charge in [0.05, 0.1) is 5.56 Å². The molecule has 1 aliphatic heterocycles. The summed E-state index contributed by atoms with van der Waals surface area (Å²) in [5.41, 5.74) is 0.368. The van der Waals surface area contributed by atoms with Crippen molar-refractivity contribution in [1.29, 1.82) is 0 Å². The number of aliphatic carboxylic acids is 1.